The summed E-state index contributed by atoms with van der Waals surface area (Å²) in [7, 11) is 0. The zero-order valence-corrected chi connectivity index (χ0v) is 19.3. The largest absolute Gasteiger partial charge is 0.382 e. The smallest absolute Gasteiger partial charge is 0.255 e. The molecule has 1 saturated heterocycles. The summed E-state index contributed by atoms with van der Waals surface area (Å²) in [6, 6.07) is 13.2. The first kappa shape index (κ1) is 23.8. The van der Waals surface area contributed by atoms with Gasteiger partial charge in [-0.2, -0.15) is 0 Å². The summed E-state index contributed by atoms with van der Waals surface area (Å²) in [6.45, 7) is 7.79. The van der Waals surface area contributed by atoms with Crippen LogP contribution in [0.15, 0.2) is 42.5 Å². The van der Waals surface area contributed by atoms with Gasteiger partial charge in [-0.15, -0.1) is 0 Å². The second-order valence-corrected chi connectivity index (χ2v) is 8.09. The zero-order chi connectivity index (χ0) is 22.8. The molecule has 2 N–H and O–H groups in total. The number of aryl methyl sites for hydroxylation is 1. The van der Waals surface area contributed by atoms with Gasteiger partial charge in [0.05, 0.1) is 5.56 Å². The Morgan fingerprint density at radius 1 is 0.969 bits per heavy atom. The average molecular weight is 438 g/mol. The van der Waals surface area contributed by atoms with Crippen molar-refractivity contribution in [1.29, 1.82) is 0 Å². The first-order valence-corrected chi connectivity index (χ1v) is 11.8. The van der Waals surface area contributed by atoms with Gasteiger partial charge in [-0.1, -0.05) is 19.1 Å². The van der Waals surface area contributed by atoms with Gasteiger partial charge < -0.3 is 20.3 Å². The Hall–Kier alpha value is -2.86. The van der Waals surface area contributed by atoms with Crippen molar-refractivity contribution in [3.8, 4) is 0 Å². The molecule has 0 bridgehead atoms. The van der Waals surface area contributed by atoms with Crippen LogP contribution >= 0.6 is 0 Å². The summed E-state index contributed by atoms with van der Waals surface area (Å²) >= 11 is 0. The third-order valence-corrected chi connectivity index (χ3v) is 5.78. The lowest BCUT2D eigenvalue weighted by atomic mass is 10.1. The topological polar surface area (TPSA) is 70.7 Å². The van der Waals surface area contributed by atoms with Crippen LogP contribution in [0, 0.1) is 0 Å². The monoisotopic (exact) mass is 437 g/mol. The maximum atomic E-state index is 13.0. The van der Waals surface area contributed by atoms with Gasteiger partial charge in [-0.25, -0.2) is 0 Å². The highest BCUT2D eigenvalue weighted by Gasteiger charge is 2.20. The predicted octanol–water partition coefficient (Wildman–Crippen LogP) is 4.65. The van der Waals surface area contributed by atoms with Crippen LogP contribution in [0.4, 0.5) is 11.4 Å². The van der Waals surface area contributed by atoms with E-state index >= 15 is 0 Å². The minimum atomic E-state index is -0.179. The molecule has 3 rings (SSSR count). The quantitative estimate of drug-likeness (QED) is 0.531. The van der Waals surface area contributed by atoms with E-state index in [1.54, 1.807) is 6.07 Å². The van der Waals surface area contributed by atoms with Crippen LogP contribution in [0.1, 0.15) is 65.8 Å². The van der Waals surface area contributed by atoms with Crippen molar-refractivity contribution in [1.82, 2.24) is 5.32 Å². The number of anilines is 2. The molecule has 1 aliphatic rings. The minimum absolute atomic E-state index is 0.120. The van der Waals surface area contributed by atoms with E-state index in [-0.39, 0.29) is 11.8 Å². The number of carbonyl (C=O) groups is 2. The van der Waals surface area contributed by atoms with Gasteiger partial charge in [0.2, 0.25) is 0 Å². The van der Waals surface area contributed by atoms with Gasteiger partial charge in [0.25, 0.3) is 11.8 Å². The summed E-state index contributed by atoms with van der Waals surface area (Å²) in [5, 5.41) is 5.95. The summed E-state index contributed by atoms with van der Waals surface area (Å²) in [4.78, 5) is 28.0. The number of ether oxygens (including phenoxy) is 1. The van der Waals surface area contributed by atoms with Crippen molar-refractivity contribution in [2.24, 2.45) is 0 Å². The van der Waals surface area contributed by atoms with E-state index in [4.69, 9.17) is 4.74 Å². The number of hydrogen-bond acceptors (Lipinski definition) is 4. The predicted molar refractivity (Wildman–Crippen MR) is 130 cm³/mol. The lowest BCUT2D eigenvalue weighted by Gasteiger charge is -2.30. The van der Waals surface area contributed by atoms with Crippen LogP contribution in [-0.4, -0.2) is 44.7 Å². The fraction of sp³-hybridized carbons (Fsp3) is 0.462. The van der Waals surface area contributed by atoms with Crippen LogP contribution in [-0.2, 0) is 11.2 Å². The Bertz CT molecular complexity index is 890. The summed E-state index contributed by atoms with van der Waals surface area (Å²) < 4.78 is 5.35. The van der Waals surface area contributed by atoms with Crippen LogP contribution in [0.25, 0.3) is 0 Å². The molecule has 2 aromatic carbocycles. The number of hydrogen-bond donors (Lipinski definition) is 2. The molecule has 2 aromatic rings. The van der Waals surface area contributed by atoms with Crippen molar-refractivity contribution in [2.45, 2.75) is 46.0 Å². The Morgan fingerprint density at radius 2 is 1.72 bits per heavy atom. The fourth-order valence-electron chi connectivity index (χ4n) is 3.92. The third-order valence-electron chi connectivity index (χ3n) is 5.78. The van der Waals surface area contributed by atoms with Gasteiger partial charge in [0.15, 0.2) is 0 Å². The van der Waals surface area contributed by atoms with Gasteiger partial charge in [0.1, 0.15) is 0 Å². The second-order valence-electron chi connectivity index (χ2n) is 8.09. The Balaban J connectivity index is 1.75. The highest BCUT2D eigenvalue weighted by atomic mass is 16.5. The lowest BCUT2D eigenvalue weighted by Crippen LogP contribution is -2.33. The highest BCUT2D eigenvalue weighted by molar-refractivity contribution is 6.06. The first-order valence-electron chi connectivity index (χ1n) is 11.8. The standard InChI is InChI=1S/C26H35N3O3/c1-3-20-9-11-21(12-10-20)25(30)28-22-13-14-24(29-16-6-5-7-17-29)23(19-22)26(31)27-15-8-18-32-4-2/h9-14,19H,3-8,15-18H2,1-2H3,(H,27,31)(H,28,30). The minimum Gasteiger partial charge on any atom is -0.382 e. The van der Waals surface area contributed by atoms with Gasteiger partial charge in [-0.3, -0.25) is 9.59 Å². The fourth-order valence-corrected chi connectivity index (χ4v) is 3.92. The molecule has 1 aliphatic heterocycles. The molecule has 0 saturated carbocycles. The van der Waals surface area contributed by atoms with E-state index in [0.29, 0.717) is 36.6 Å². The molecule has 0 aromatic heterocycles. The second kappa shape index (κ2) is 12.2. The molecular weight excluding hydrogens is 402 g/mol. The summed E-state index contributed by atoms with van der Waals surface area (Å²) in [6.07, 6.45) is 5.18. The molecule has 6 heteroatoms. The van der Waals surface area contributed by atoms with E-state index in [9.17, 15) is 9.59 Å². The average Bonchev–Trinajstić information content (AvgIpc) is 2.84. The lowest BCUT2D eigenvalue weighted by molar-refractivity contribution is 0.0943. The molecule has 32 heavy (non-hydrogen) atoms. The SMILES string of the molecule is CCOCCCNC(=O)c1cc(NC(=O)c2ccc(CC)cc2)ccc1N1CCCCC1. The normalized spacial score (nSPS) is 13.6. The van der Waals surface area contributed by atoms with E-state index in [0.717, 1.165) is 44.5 Å². The van der Waals surface area contributed by atoms with Gasteiger partial charge in [-0.05, 0) is 74.9 Å². The van der Waals surface area contributed by atoms with E-state index < -0.39 is 0 Å². The Labute approximate surface area is 191 Å². The molecule has 0 atom stereocenters. The number of amides is 2. The van der Waals surface area contributed by atoms with Crippen LogP contribution in [0.5, 0.6) is 0 Å². The van der Waals surface area contributed by atoms with Gasteiger partial charge in [0, 0.05) is 49.8 Å². The molecule has 0 radical (unpaired) electrons. The van der Waals surface area contributed by atoms with Gasteiger partial charge >= 0.3 is 0 Å². The van der Waals surface area contributed by atoms with E-state index in [2.05, 4.69) is 22.5 Å². The Morgan fingerprint density at radius 3 is 2.41 bits per heavy atom. The van der Waals surface area contributed by atoms with E-state index in [1.165, 1.54) is 12.0 Å². The van der Waals surface area contributed by atoms with E-state index in [1.807, 2.05) is 43.3 Å². The number of carbonyl (C=O) groups excluding carboxylic acids is 2. The maximum Gasteiger partial charge on any atom is 0.255 e. The third kappa shape index (κ3) is 6.57. The molecule has 0 spiro atoms. The van der Waals surface area contributed by atoms with Crippen molar-refractivity contribution >= 4 is 23.2 Å². The molecular formula is C26H35N3O3. The number of rotatable bonds is 10. The van der Waals surface area contributed by atoms with Crippen molar-refractivity contribution in [2.75, 3.05) is 43.1 Å². The van der Waals surface area contributed by atoms with Crippen LogP contribution in [0.2, 0.25) is 0 Å². The molecule has 2 amide bonds. The van der Waals surface area contributed by atoms with Crippen LogP contribution in [0.3, 0.4) is 0 Å². The van der Waals surface area contributed by atoms with Crippen molar-refractivity contribution < 1.29 is 14.3 Å². The summed E-state index contributed by atoms with van der Waals surface area (Å²) in [5.74, 6) is -0.299. The number of piperidine rings is 1. The van der Waals surface area contributed by atoms with Crippen molar-refractivity contribution in [3.63, 3.8) is 0 Å². The Kier molecular flexibility index (Phi) is 9.11. The molecule has 0 unspecified atom stereocenters. The van der Waals surface area contributed by atoms with Crippen molar-refractivity contribution in [3.05, 3.63) is 59.2 Å². The number of nitrogens with one attached hydrogen (secondary N) is 2. The zero-order valence-electron chi connectivity index (χ0n) is 19.3. The molecule has 6 nitrogen and oxygen atoms in total. The number of benzene rings is 2. The highest BCUT2D eigenvalue weighted by Crippen LogP contribution is 2.27. The summed E-state index contributed by atoms with van der Waals surface area (Å²) in [5.41, 5.74) is 3.94. The maximum absolute atomic E-state index is 13.0. The molecule has 0 aliphatic carbocycles. The first-order chi connectivity index (χ1) is 15.6. The molecule has 1 heterocycles. The molecule has 1 fully saturated rings. The molecule has 172 valence electrons. The van der Waals surface area contributed by atoms with Crippen LogP contribution < -0.4 is 15.5 Å². The number of nitrogens with zero attached hydrogens (tertiary/aromatic N) is 1.